The number of aromatic nitrogens is 1. The quantitative estimate of drug-likeness (QED) is 0.237. The number of hydrogen-bond acceptors (Lipinski definition) is 6. The van der Waals surface area contributed by atoms with Crippen molar-refractivity contribution in [3.63, 3.8) is 0 Å². The third kappa shape index (κ3) is 8.10. The number of carboxylic acid groups (broad SMARTS) is 1. The van der Waals surface area contributed by atoms with E-state index in [0.717, 1.165) is 23.4 Å². The van der Waals surface area contributed by atoms with Crippen LogP contribution in [0, 0.1) is 0 Å². The van der Waals surface area contributed by atoms with Crippen molar-refractivity contribution in [2.45, 2.75) is 31.7 Å². The zero-order chi connectivity index (χ0) is 28.5. The first-order valence-corrected chi connectivity index (χ1v) is 12.2. The first-order chi connectivity index (χ1) is 19.2. The molecule has 1 aromatic heterocycles. The van der Waals surface area contributed by atoms with Gasteiger partial charge in [0.1, 0.15) is 24.7 Å². The van der Waals surface area contributed by atoms with E-state index in [4.69, 9.17) is 13.9 Å². The van der Waals surface area contributed by atoms with Crippen LogP contribution < -0.4 is 10.1 Å². The van der Waals surface area contributed by atoms with Gasteiger partial charge >= 0.3 is 18.2 Å². The van der Waals surface area contributed by atoms with Gasteiger partial charge in [-0.1, -0.05) is 42.5 Å². The lowest BCUT2D eigenvalue weighted by molar-refractivity contribution is -0.139. The van der Waals surface area contributed by atoms with Gasteiger partial charge in [0.05, 0.1) is 17.9 Å². The molecule has 1 heterocycles. The third-order valence-electron chi connectivity index (χ3n) is 5.80. The topological polar surface area (TPSA) is 111 Å². The molecule has 0 saturated heterocycles. The van der Waals surface area contributed by atoms with Crippen molar-refractivity contribution >= 4 is 12.1 Å². The molecule has 1 atom stereocenters. The van der Waals surface area contributed by atoms with Gasteiger partial charge in [-0.2, -0.15) is 13.2 Å². The monoisotopic (exact) mass is 554 g/mol. The van der Waals surface area contributed by atoms with Gasteiger partial charge in [0.2, 0.25) is 5.89 Å². The summed E-state index contributed by atoms with van der Waals surface area (Å²) in [5, 5.41) is 11.8. The zero-order valence-electron chi connectivity index (χ0n) is 21.1. The van der Waals surface area contributed by atoms with E-state index in [0.29, 0.717) is 35.8 Å². The van der Waals surface area contributed by atoms with Gasteiger partial charge in [-0.3, -0.25) is 0 Å². The van der Waals surface area contributed by atoms with E-state index < -0.39 is 29.8 Å². The third-order valence-corrected chi connectivity index (χ3v) is 5.80. The Bertz CT molecular complexity index is 1400. The van der Waals surface area contributed by atoms with Crippen LogP contribution in [0.3, 0.4) is 0 Å². The second kappa shape index (κ2) is 12.8. The molecule has 0 saturated carbocycles. The highest BCUT2D eigenvalue weighted by Crippen LogP contribution is 2.29. The molecule has 0 aliphatic rings. The number of aliphatic carboxylic acids is 1. The van der Waals surface area contributed by atoms with E-state index in [-0.39, 0.29) is 13.0 Å². The van der Waals surface area contributed by atoms with Crippen LogP contribution in [0.5, 0.6) is 5.75 Å². The number of carbonyl (C=O) groups is 2. The summed E-state index contributed by atoms with van der Waals surface area (Å²) >= 11 is 0. The second-order valence-electron chi connectivity index (χ2n) is 8.76. The Morgan fingerprint density at radius 1 is 0.950 bits per heavy atom. The Morgan fingerprint density at radius 3 is 2.27 bits per heavy atom. The van der Waals surface area contributed by atoms with Gasteiger partial charge in [0.25, 0.3) is 0 Å². The molecule has 8 nitrogen and oxygen atoms in total. The van der Waals surface area contributed by atoms with Crippen molar-refractivity contribution < 1.29 is 41.8 Å². The first-order valence-electron chi connectivity index (χ1n) is 12.2. The molecule has 11 heteroatoms. The van der Waals surface area contributed by atoms with Crippen molar-refractivity contribution in [2.24, 2.45) is 0 Å². The minimum atomic E-state index is -4.47. The van der Waals surface area contributed by atoms with Gasteiger partial charge in [-0.15, -0.1) is 0 Å². The van der Waals surface area contributed by atoms with Crippen LogP contribution in [0.25, 0.3) is 11.5 Å². The maximum atomic E-state index is 12.7. The number of amides is 1. The molecular formula is C29H25F3N2O6. The van der Waals surface area contributed by atoms with E-state index in [1.54, 1.807) is 30.5 Å². The number of halogens is 3. The predicted molar refractivity (Wildman–Crippen MR) is 137 cm³/mol. The molecule has 0 fully saturated rings. The minimum absolute atomic E-state index is 0.0216. The summed E-state index contributed by atoms with van der Waals surface area (Å²) in [6, 6.07) is 19.1. The number of ether oxygens (including phenoxy) is 2. The van der Waals surface area contributed by atoms with Crippen LogP contribution in [-0.2, 0) is 35.2 Å². The van der Waals surface area contributed by atoms with E-state index in [9.17, 15) is 27.9 Å². The van der Waals surface area contributed by atoms with E-state index in [1.807, 2.05) is 30.3 Å². The van der Waals surface area contributed by atoms with Crippen molar-refractivity contribution in [2.75, 3.05) is 6.61 Å². The van der Waals surface area contributed by atoms with E-state index in [2.05, 4.69) is 10.3 Å². The fraction of sp³-hybridized carbons (Fsp3) is 0.207. The Balaban J connectivity index is 1.22. The first kappa shape index (κ1) is 28.2. The highest BCUT2D eigenvalue weighted by atomic mass is 19.4. The summed E-state index contributed by atoms with van der Waals surface area (Å²) in [6.07, 6.45) is -3.39. The number of alkyl carbamates (subject to hydrolysis) is 1. The number of nitrogens with one attached hydrogen (secondary N) is 1. The Kier molecular flexibility index (Phi) is 9.05. The Labute approximate surface area is 227 Å². The predicted octanol–water partition coefficient (Wildman–Crippen LogP) is 5.90. The molecular weight excluding hydrogens is 529 g/mol. The number of oxazole rings is 1. The van der Waals surface area contributed by atoms with Crippen molar-refractivity contribution in [3.8, 4) is 17.2 Å². The van der Waals surface area contributed by atoms with Crippen LogP contribution in [0.1, 0.15) is 22.4 Å². The number of hydrogen-bond donors (Lipinski definition) is 2. The number of carboxylic acids is 1. The number of rotatable bonds is 11. The molecule has 208 valence electrons. The normalized spacial score (nSPS) is 12.0. The molecule has 2 N–H and O–H groups in total. The lowest BCUT2D eigenvalue weighted by atomic mass is 10.1. The highest BCUT2D eigenvalue weighted by molar-refractivity contribution is 5.80. The van der Waals surface area contributed by atoms with Gasteiger partial charge in [0, 0.05) is 18.4 Å². The maximum absolute atomic E-state index is 12.7. The molecule has 4 aromatic rings. The Hall–Kier alpha value is -4.80. The van der Waals surface area contributed by atoms with Crippen LogP contribution in [0.4, 0.5) is 18.0 Å². The lowest BCUT2D eigenvalue weighted by Crippen LogP contribution is -2.42. The van der Waals surface area contributed by atoms with E-state index in [1.165, 1.54) is 12.1 Å². The number of alkyl halides is 3. The summed E-state index contributed by atoms with van der Waals surface area (Å²) < 4.78 is 54.2. The average molecular weight is 555 g/mol. The largest absolute Gasteiger partial charge is 0.493 e. The van der Waals surface area contributed by atoms with E-state index >= 15 is 0 Å². The van der Waals surface area contributed by atoms with Crippen molar-refractivity contribution in [3.05, 3.63) is 108 Å². The molecule has 0 radical (unpaired) electrons. The van der Waals surface area contributed by atoms with Gasteiger partial charge in [-0.25, -0.2) is 14.6 Å². The molecule has 0 unspecified atom stereocenters. The molecule has 0 bridgehead atoms. The summed E-state index contributed by atoms with van der Waals surface area (Å²) in [7, 11) is 0. The minimum Gasteiger partial charge on any atom is -0.493 e. The molecule has 3 aromatic carbocycles. The standard InChI is InChI=1S/C29H25F3N2O6/c30-29(31,32)22-10-6-20(7-11-22)17-40-28(37)34-25(27(35)36)16-19-8-12-24(13-9-19)38-15-14-23-18-39-26(33-23)21-4-2-1-3-5-21/h1-13,18,25H,14-17H2,(H,34,37)(H,35,36)/t25-/m0/s1. The summed E-state index contributed by atoms with van der Waals surface area (Å²) in [6.45, 7) is 0.0362. The van der Waals surface area contributed by atoms with Crippen LogP contribution in [0.2, 0.25) is 0 Å². The van der Waals surface area contributed by atoms with Crippen molar-refractivity contribution in [1.82, 2.24) is 10.3 Å². The molecule has 0 spiro atoms. The number of benzene rings is 3. The van der Waals surface area contributed by atoms with Crippen LogP contribution >= 0.6 is 0 Å². The molecule has 1 amide bonds. The molecule has 0 aliphatic heterocycles. The van der Waals surface area contributed by atoms with Crippen LogP contribution in [0.15, 0.2) is 89.5 Å². The second-order valence-corrected chi connectivity index (χ2v) is 8.76. The zero-order valence-corrected chi connectivity index (χ0v) is 21.1. The molecule has 4 rings (SSSR count). The smallest absolute Gasteiger partial charge is 0.416 e. The summed E-state index contributed by atoms with van der Waals surface area (Å²) in [5.41, 5.74) is 1.76. The van der Waals surface area contributed by atoms with Gasteiger partial charge in [-0.05, 0) is 47.5 Å². The summed E-state index contributed by atoms with van der Waals surface area (Å²) in [4.78, 5) is 28.2. The maximum Gasteiger partial charge on any atom is 0.416 e. The molecule has 0 aliphatic carbocycles. The number of carbonyl (C=O) groups excluding carboxylic acids is 1. The fourth-order valence-corrected chi connectivity index (χ4v) is 3.69. The van der Waals surface area contributed by atoms with Crippen molar-refractivity contribution in [1.29, 1.82) is 0 Å². The van der Waals surface area contributed by atoms with Gasteiger partial charge in [0.15, 0.2) is 0 Å². The number of nitrogens with zero attached hydrogens (tertiary/aromatic N) is 1. The lowest BCUT2D eigenvalue weighted by Gasteiger charge is -2.15. The summed E-state index contributed by atoms with van der Waals surface area (Å²) in [5.74, 6) is -0.161. The fourth-order valence-electron chi connectivity index (χ4n) is 3.69. The Morgan fingerprint density at radius 2 is 1.62 bits per heavy atom. The van der Waals surface area contributed by atoms with Crippen LogP contribution in [-0.4, -0.2) is 34.8 Å². The average Bonchev–Trinajstić information content (AvgIpc) is 3.42. The SMILES string of the molecule is O=C(N[C@@H](Cc1ccc(OCCc2coc(-c3ccccc3)n2)cc1)C(=O)O)OCc1ccc(C(F)(F)F)cc1. The highest BCUT2D eigenvalue weighted by Gasteiger charge is 2.30. The molecule has 40 heavy (non-hydrogen) atoms. The van der Waals surface area contributed by atoms with Gasteiger partial charge < -0.3 is 24.3 Å².